The van der Waals surface area contributed by atoms with Gasteiger partial charge in [0.05, 0.1) is 6.42 Å². The topological polar surface area (TPSA) is 40.5 Å². The molecule has 0 radical (unpaired) electrons. The molecule has 1 atom stereocenters. The minimum Gasteiger partial charge on any atom is -0.481 e. The van der Waals surface area contributed by atoms with E-state index in [-0.39, 0.29) is 6.42 Å². The van der Waals surface area contributed by atoms with E-state index < -0.39 is 5.97 Å². The molecule has 3 nitrogen and oxygen atoms in total. The number of hydrogen-bond acceptors (Lipinski definition) is 2. The highest BCUT2D eigenvalue weighted by atomic mass is 16.4. The maximum absolute atomic E-state index is 10.4. The lowest BCUT2D eigenvalue weighted by Gasteiger charge is -2.22. The molecule has 96 valence electrons. The summed E-state index contributed by atoms with van der Waals surface area (Å²) in [4.78, 5) is 12.6. The van der Waals surface area contributed by atoms with Crippen molar-refractivity contribution in [2.24, 2.45) is 5.92 Å². The van der Waals surface area contributed by atoms with Crippen LogP contribution in [0.1, 0.15) is 52.4 Å². The first kappa shape index (κ1) is 15.4. The van der Waals surface area contributed by atoms with E-state index >= 15 is 0 Å². The minimum atomic E-state index is -0.703. The summed E-state index contributed by atoms with van der Waals surface area (Å²) >= 11 is 0. The lowest BCUT2D eigenvalue weighted by molar-refractivity contribution is -0.137. The van der Waals surface area contributed by atoms with E-state index in [4.69, 9.17) is 5.11 Å². The van der Waals surface area contributed by atoms with E-state index in [2.05, 4.69) is 18.7 Å². The maximum Gasteiger partial charge on any atom is 0.304 e. The summed E-state index contributed by atoms with van der Waals surface area (Å²) in [6, 6.07) is 0. The van der Waals surface area contributed by atoms with Crippen molar-refractivity contribution in [2.75, 3.05) is 20.1 Å². The number of nitrogens with zero attached hydrogens (tertiary/aromatic N) is 1. The van der Waals surface area contributed by atoms with E-state index in [1.165, 1.54) is 32.1 Å². The van der Waals surface area contributed by atoms with Crippen LogP contribution in [0.3, 0.4) is 0 Å². The zero-order valence-electron chi connectivity index (χ0n) is 11.0. The maximum atomic E-state index is 10.4. The minimum absolute atomic E-state index is 0.252. The molecule has 0 aliphatic heterocycles. The predicted molar refractivity (Wildman–Crippen MR) is 67.7 cm³/mol. The van der Waals surface area contributed by atoms with Crippen LogP contribution in [0.5, 0.6) is 0 Å². The van der Waals surface area contributed by atoms with Crippen molar-refractivity contribution in [3.05, 3.63) is 0 Å². The third kappa shape index (κ3) is 8.72. The Morgan fingerprint density at radius 2 is 2.00 bits per heavy atom. The number of hydrogen-bond donors (Lipinski definition) is 1. The van der Waals surface area contributed by atoms with Crippen LogP contribution in [0.4, 0.5) is 0 Å². The number of rotatable bonds is 10. The van der Waals surface area contributed by atoms with Gasteiger partial charge in [-0.2, -0.15) is 0 Å². The fourth-order valence-corrected chi connectivity index (χ4v) is 1.93. The molecule has 0 heterocycles. The van der Waals surface area contributed by atoms with Gasteiger partial charge >= 0.3 is 5.97 Å². The van der Waals surface area contributed by atoms with Crippen LogP contribution in [0.15, 0.2) is 0 Å². The smallest absolute Gasteiger partial charge is 0.304 e. The Morgan fingerprint density at radius 1 is 1.31 bits per heavy atom. The Morgan fingerprint density at radius 3 is 2.50 bits per heavy atom. The van der Waals surface area contributed by atoms with Gasteiger partial charge in [-0.1, -0.05) is 39.5 Å². The van der Waals surface area contributed by atoms with Gasteiger partial charge < -0.3 is 10.0 Å². The van der Waals surface area contributed by atoms with E-state index in [0.717, 1.165) is 12.5 Å². The van der Waals surface area contributed by atoms with Crippen molar-refractivity contribution in [3.8, 4) is 0 Å². The van der Waals surface area contributed by atoms with Gasteiger partial charge in [0, 0.05) is 13.1 Å². The molecule has 1 unspecified atom stereocenters. The van der Waals surface area contributed by atoms with Crippen LogP contribution < -0.4 is 0 Å². The largest absolute Gasteiger partial charge is 0.481 e. The van der Waals surface area contributed by atoms with Crippen LogP contribution in [0.2, 0.25) is 0 Å². The zero-order chi connectivity index (χ0) is 12.4. The molecule has 0 aliphatic rings. The molecule has 16 heavy (non-hydrogen) atoms. The summed E-state index contributed by atoms with van der Waals surface area (Å²) in [6.07, 6.45) is 6.62. The van der Waals surface area contributed by atoms with Crippen molar-refractivity contribution in [3.63, 3.8) is 0 Å². The first-order chi connectivity index (χ1) is 7.60. The fraction of sp³-hybridized carbons (Fsp3) is 0.923. The SMILES string of the molecule is CCCCCC(CC)CN(C)CCC(=O)O. The molecule has 0 rings (SSSR count). The summed E-state index contributed by atoms with van der Waals surface area (Å²) < 4.78 is 0. The van der Waals surface area contributed by atoms with Gasteiger partial charge in [0.2, 0.25) is 0 Å². The van der Waals surface area contributed by atoms with Crippen LogP contribution in [-0.4, -0.2) is 36.1 Å². The summed E-state index contributed by atoms with van der Waals surface area (Å²) in [5.74, 6) is 0.0243. The van der Waals surface area contributed by atoms with Gasteiger partial charge in [0.25, 0.3) is 0 Å². The summed E-state index contributed by atoms with van der Waals surface area (Å²) in [6.45, 7) is 6.15. The van der Waals surface area contributed by atoms with Gasteiger partial charge in [-0.25, -0.2) is 0 Å². The van der Waals surface area contributed by atoms with Gasteiger partial charge in [0.1, 0.15) is 0 Å². The Kier molecular flexibility index (Phi) is 9.30. The molecule has 0 spiro atoms. The van der Waals surface area contributed by atoms with E-state index in [0.29, 0.717) is 6.54 Å². The summed E-state index contributed by atoms with van der Waals surface area (Å²) in [5.41, 5.74) is 0. The van der Waals surface area contributed by atoms with Gasteiger partial charge in [-0.15, -0.1) is 0 Å². The lowest BCUT2D eigenvalue weighted by atomic mass is 9.98. The highest BCUT2D eigenvalue weighted by Crippen LogP contribution is 2.14. The Balaban J connectivity index is 3.69. The first-order valence-corrected chi connectivity index (χ1v) is 6.50. The predicted octanol–water partition coefficient (Wildman–Crippen LogP) is 3.00. The fourth-order valence-electron chi connectivity index (χ4n) is 1.93. The Labute approximate surface area is 99.8 Å². The molecule has 0 saturated heterocycles. The quantitative estimate of drug-likeness (QED) is 0.585. The van der Waals surface area contributed by atoms with Crippen molar-refractivity contribution in [1.82, 2.24) is 4.90 Å². The van der Waals surface area contributed by atoms with Crippen LogP contribution in [0.25, 0.3) is 0 Å². The molecule has 0 aromatic heterocycles. The third-order valence-corrected chi connectivity index (χ3v) is 3.07. The van der Waals surface area contributed by atoms with Crippen molar-refractivity contribution in [1.29, 1.82) is 0 Å². The van der Waals surface area contributed by atoms with E-state index in [9.17, 15) is 4.79 Å². The molecule has 0 fully saturated rings. The molecule has 0 saturated carbocycles. The monoisotopic (exact) mass is 229 g/mol. The average molecular weight is 229 g/mol. The second-order valence-electron chi connectivity index (χ2n) is 4.68. The molecular weight excluding hydrogens is 202 g/mol. The Bertz CT molecular complexity index is 183. The summed E-state index contributed by atoms with van der Waals surface area (Å²) in [7, 11) is 2.02. The number of unbranched alkanes of at least 4 members (excludes halogenated alkanes) is 2. The molecule has 1 N–H and O–H groups in total. The second-order valence-corrected chi connectivity index (χ2v) is 4.68. The highest BCUT2D eigenvalue weighted by molar-refractivity contribution is 5.66. The number of aliphatic carboxylic acids is 1. The standard InChI is InChI=1S/C13H27NO2/c1-4-6-7-8-12(5-2)11-14(3)10-9-13(15)16/h12H,4-11H2,1-3H3,(H,15,16). The summed E-state index contributed by atoms with van der Waals surface area (Å²) in [5, 5.41) is 8.60. The molecule has 0 aromatic carbocycles. The van der Waals surface area contributed by atoms with E-state index in [1.54, 1.807) is 0 Å². The first-order valence-electron chi connectivity index (χ1n) is 6.50. The molecule has 0 amide bonds. The van der Waals surface area contributed by atoms with Gasteiger partial charge in [-0.3, -0.25) is 4.79 Å². The number of carboxylic acids is 1. The van der Waals surface area contributed by atoms with Crippen molar-refractivity contribution in [2.45, 2.75) is 52.4 Å². The molecule has 0 aliphatic carbocycles. The normalized spacial score (nSPS) is 13.0. The Hall–Kier alpha value is -0.570. The zero-order valence-corrected chi connectivity index (χ0v) is 11.0. The van der Waals surface area contributed by atoms with Crippen molar-refractivity contribution >= 4 is 5.97 Å². The average Bonchev–Trinajstić information content (AvgIpc) is 2.25. The van der Waals surface area contributed by atoms with Crippen LogP contribution in [0, 0.1) is 5.92 Å². The molecule has 0 aromatic rings. The third-order valence-electron chi connectivity index (χ3n) is 3.07. The molecule has 0 bridgehead atoms. The highest BCUT2D eigenvalue weighted by Gasteiger charge is 2.10. The molecule has 3 heteroatoms. The van der Waals surface area contributed by atoms with Crippen molar-refractivity contribution < 1.29 is 9.90 Å². The number of carboxylic acid groups (broad SMARTS) is 1. The van der Waals surface area contributed by atoms with Crippen LogP contribution >= 0.6 is 0 Å². The van der Waals surface area contributed by atoms with E-state index in [1.807, 2.05) is 7.05 Å². The van der Waals surface area contributed by atoms with Gasteiger partial charge in [0.15, 0.2) is 0 Å². The van der Waals surface area contributed by atoms with Crippen LogP contribution in [-0.2, 0) is 4.79 Å². The second kappa shape index (κ2) is 9.64. The molecular formula is C13H27NO2. The lowest BCUT2D eigenvalue weighted by Crippen LogP contribution is -2.27. The number of carbonyl (C=O) groups is 1. The van der Waals surface area contributed by atoms with Gasteiger partial charge in [-0.05, 0) is 19.4 Å².